The third-order valence-corrected chi connectivity index (χ3v) is 4.70. The van der Waals surface area contributed by atoms with Crippen LogP contribution in [-0.2, 0) is 4.79 Å². The summed E-state index contributed by atoms with van der Waals surface area (Å²) in [6.45, 7) is 2.12. The van der Waals surface area contributed by atoms with Crippen molar-refractivity contribution in [2.24, 2.45) is 0 Å². The van der Waals surface area contributed by atoms with Gasteiger partial charge in [-0.3, -0.25) is 4.79 Å². The fraction of sp³-hybridized carbons (Fsp3) is 0.300. The predicted octanol–water partition coefficient (Wildman–Crippen LogP) is 2.37. The monoisotopic (exact) mass is 378 g/mol. The van der Waals surface area contributed by atoms with Gasteiger partial charge in [0.1, 0.15) is 11.4 Å². The van der Waals surface area contributed by atoms with Gasteiger partial charge in [0.05, 0.1) is 19.0 Å². The number of benzene rings is 1. The Kier molecular flexibility index (Phi) is 5.18. The first-order valence-electron chi connectivity index (χ1n) is 9.28. The lowest BCUT2D eigenvalue weighted by Crippen LogP contribution is -2.30. The van der Waals surface area contributed by atoms with Crippen molar-refractivity contribution in [2.75, 3.05) is 32.1 Å². The second-order valence-electron chi connectivity index (χ2n) is 6.52. The number of carbonyl (C=O) groups is 1. The van der Waals surface area contributed by atoms with Crippen LogP contribution in [0.4, 0.5) is 5.95 Å². The molecule has 0 unspecified atom stereocenters. The fourth-order valence-corrected chi connectivity index (χ4v) is 3.25. The number of carbonyl (C=O) groups excluding carboxylic acids is 1. The molecule has 0 spiro atoms. The van der Waals surface area contributed by atoms with Crippen LogP contribution in [0.5, 0.6) is 5.75 Å². The number of hydrogen-bond acceptors (Lipinski definition) is 6. The van der Waals surface area contributed by atoms with Gasteiger partial charge in [-0.2, -0.15) is 5.10 Å². The summed E-state index contributed by atoms with van der Waals surface area (Å²) in [5, 5.41) is 7.63. The summed E-state index contributed by atoms with van der Waals surface area (Å²) in [7, 11) is 1.64. The van der Waals surface area contributed by atoms with E-state index in [-0.39, 0.29) is 5.91 Å². The minimum absolute atomic E-state index is 0.222. The summed E-state index contributed by atoms with van der Waals surface area (Å²) in [5.74, 6) is 1.51. The van der Waals surface area contributed by atoms with Crippen LogP contribution in [0.15, 0.2) is 48.9 Å². The molecule has 144 valence electrons. The maximum Gasteiger partial charge on any atom is 0.223 e. The number of aromatic nitrogens is 4. The van der Waals surface area contributed by atoms with E-state index in [1.807, 2.05) is 41.4 Å². The molecule has 1 fully saturated rings. The van der Waals surface area contributed by atoms with Crippen LogP contribution >= 0.6 is 0 Å². The number of para-hydroxylation sites is 2. The second-order valence-corrected chi connectivity index (χ2v) is 6.52. The van der Waals surface area contributed by atoms with Crippen LogP contribution in [0, 0.1) is 0 Å². The number of nitrogens with zero attached hydrogens (tertiary/aromatic N) is 5. The first-order valence-corrected chi connectivity index (χ1v) is 9.28. The SMILES string of the molecule is COc1ccccc1-n1cc(-c2ccnc(NCCN3CCCC3=O)n2)cn1. The first-order chi connectivity index (χ1) is 13.7. The minimum Gasteiger partial charge on any atom is -0.494 e. The summed E-state index contributed by atoms with van der Waals surface area (Å²) in [5.41, 5.74) is 2.51. The number of rotatable bonds is 7. The molecule has 1 saturated heterocycles. The van der Waals surface area contributed by atoms with Crippen molar-refractivity contribution in [3.8, 4) is 22.7 Å². The van der Waals surface area contributed by atoms with Gasteiger partial charge in [-0.05, 0) is 24.6 Å². The first kappa shape index (κ1) is 18.0. The van der Waals surface area contributed by atoms with Gasteiger partial charge in [0.25, 0.3) is 0 Å². The van der Waals surface area contributed by atoms with Gasteiger partial charge in [-0.15, -0.1) is 0 Å². The zero-order valence-electron chi connectivity index (χ0n) is 15.7. The molecule has 1 aliphatic heterocycles. The number of amides is 1. The number of ether oxygens (including phenoxy) is 1. The van der Waals surface area contributed by atoms with Crippen molar-refractivity contribution < 1.29 is 9.53 Å². The standard InChI is InChI=1S/C20H22N6O2/c1-28-18-6-3-2-5-17(18)26-14-15(13-23-26)16-8-9-21-20(24-16)22-10-12-25-11-4-7-19(25)27/h2-3,5-6,8-9,13-14H,4,7,10-12H2,1H3,(H,21,22,24). The summed E-state index contributed by atoms with van der Waals surface area (Å²) in [6, 6.07) is 9.55. The average Bonchev–Trinajstić information content (AvgIpc) is 3.38. The number of anilines is 1. The molecule has 0 aliphatic carbocycles. The highest BCUT2D eigenvalue weighted by atomic mass is 16.5. The number of nitrogens with one attached hydrogen (secondary N) is 1. The summed E-state index contributed by atoms with van der Waals surface area (Å²) in [4.78, 5) is 22.4. The van der Waals surface area contributed by atoms with Crippen LogP contribution in [-0.4, -0.2) is 57.3 Å². The van der Waals surface area contributed by atoms with E-state index in [0.29, 0.717) is 25.5 Å². The molecular formula is C20H22N6O2. The molecule has 0 bridgehead atoms. The van der Waals surface area contributed by atoms with Crippen LogP contribution in [0.25, 0.3) is 16.9 Å². The highest BCUT2D eigenvalue weighted by Crippen LogP contribution is 2.24. The molecule has 4 rings (SSSR count). The van der Waals surface area contributed by atoms with Gasteiger partial charge in [-0.1, -0.05) is 12.1 Å². The van der Waals surface area contributed by atoms with Gasteiger partial charge in [0.15, 0.2) is 0 Å². The van der Waals surface area contributed by atoms with Crippen molar-refractivity contribution in [1.29, 1.82) is 0 Å². The maximum atomic E-state index is 11.7. The van der Waals surface area contributed by atoms with Gasteiger partial charge in [0.2, 0.25) is 11.9 Å². The largest absolute Gasteiger partial charge is 0.494 e. The Hall–Kier alpha value is -3.42. The molecule has 0 saturated carbocycles. The van der Waals surface area contributed by atoms with Gasteiger partial charge in [-0.25, -0.2) is 14.6 Å². The van der Waals surface area contributed by atoms with Crippen molar-refractivity contribution in [1.82, 2.24) is 24.6 Å². The lowest BCUT2D eigenvalue weighted by molar-refractivity contribution is -0.127. The Balaban J connectivity index is 1.46. The molecule has 2 aromatic heterocycles. The molecule has 0 atom stereocenters. The highest BCUT2D eigenvalue weighted by Gasteiger charge is 2.19. The third kappa shape index (κ3) is 3.80. The van der Waals surface area contributed by atoms with E-state index in [4.69, 9.17) is 4.74 Å². The van der Waals surface area contributed by atoms with Crippen LogP contribution in [0.2, 0.25) is 0 Å². The van der Waals surface area contributed by atoms with E-state index >= 15 is 0 Å². The van der Waals surface area contributed by atoms with Crippen LogP contribution in [0.1, 0.15) is 12.8 Å². The van der Waals surface area contributed by atoms with E-state index in [0.717, 1.165) is 35.7 Å². The Morgan fingerprint density at radius 3 is 2.96 bits per heavy atom. The van der Waals surface area contributed by atoms with Gasteiger partial charge < -0.3 is 15.0 Å². The van der Waals surface area contributed by atoms with E-state index in [1.54, 1.807) is 24.2 Å². The zero-order chi connectivity index (χ0) is 19.3. The average molecular weight is 378 g/mol. The van der Waals surface area contributed by atoms with Crippen molar-refractivity contribution in [3.05, 3.63) is 48.9 Å². The van der Waals surface area contributed by atoms with Crippen molar-refractivity contribution in [3.63, 3.8) is 0 Å². The Bertz CT molecular complexity index is 971. The summed E-state index contributed by atoms with van der Waals surface area (Å²) >= 11 is 0. The highest BCUT2D eigenvalue weighted by molar-refractivity contribution is 5.78. The smallest absolute Gasteiger partial charge is 0.223 e. The van der Waals surface area contributed by atoms with Crippen LogP contribution in [0.3, 0.4) is 0 Å². The minimum atomic E-state index is 0.222. The molecule has 28 heavy (non-hydrogen) atoms. The van der Waals surface area contributed by atoms with Crippen LogP contribution < -0.4 is 10.1 Å². The predicted molar refractivity (Wildman–Crippen MR) is 105 cm³/mol. The third-order valence-electron chi connectivity index (χ3n) is 4.70. The topological polar surface area (TPSA) is 85.2 Å². The lowest BCUT2D eigenvalue weighted by Gasteiger charge is -2.15. The Morgan fingerprint density at radius 1 is 1.25 bits per heavy atom. The number of likely N-dealkylation sites (tertiary alicyclic amines) is 1. The molecular weight excluding hydrogens is 356 g/mol. The Labute approximate surface area is 163 Å². The van der Waals surface area contributed by atoms with E-state index in [9.17, 15) is 4.79 Å². The fourth-order valence-electron chi connectivity index (χ4n) is 3.25. The van der Waals surface area contributed by atoms with Crippen molar-refractivity contribution >= 4 is 11.9 Å². The Morgan fingerprint density at radius 2 is 2.14 bits per heavy atom. The molecule has 1 N–H and O–H groups in total. The van der Waals surface area contributed by atoms with E-state index < -0.39 is 0 Å². The maximum absolute atomic E-state index is 11.7. The number of methoxy groups -OCH3 is 1. The summed E-state index contributed by atoms with van der Waals surface area (Å²) in [6.07, 6.45) is 6.99. The molecule has 8 nitrogen and oxygen atoms in total. The summed E-state index contributed by atoms with van der Waals surface area (Å²) < 4.78 is 7.17. The van der Waals surface area contributed by atoms with E-state index in [2.05, 4.69) is 20.4 Å². The van der Waals surface area contributed by atoms with Gasteiger partial charge in [0, 0.05) is 44.0 Å². The molecule has 1 aliphatic rings. The molecule has 1 aromatic carbocycles. The quantitative estimate of drug-likeness (QED) is 0.679. The zero-order valence-corrected chi connectivity index (χ0v) is 15.7. The molecule has 3 aromatic rings. The van der Waals surface area contributed by atoms with Gasteiger partial charge >= 0.3 is 0 Å². The second kappa shape index (κ2) is 8.08. The van der Waals surface area contributed by atoms with Crippen molar-refractivity contribution in [2.45, 2.75) is 12.8 Å². The number of hydrogen-bond donors (Lipinski definition) is 1. The lowest BCUT2D eigenvalue weighted by atomic mass is 10.2. The normalized spacial score (nSPS) is 13.8. The van der Waals surface area contributed by atoms with E-state index in [1.165, 1.54) is 0 Å². The molecule has 8 heteroatoms. The molecule has 0 radical (unpaired) electrons. The molecule has 1 amide bonds. The molecule has 3 heterocycles.